The van der Waals surface area contributed by atoms with Gasteiger partial charge in [0, 0.05) is 28.9 Å². The molecule has 0 saturated heterocycles. The Morgan fingerprint density at radius 1 is 0.889 bits per heavy atom. The SMILES string of the molecule is CCCCCNc1ccccc1C1N2NN=C(C)N2N=Cc2cccc(O)c2C=NN2C(C)=NNN12. The number of unbranched alkanes of at least 4 members (excludes halogenated alkanes) is 2. The van der Waals surface area contributed by atoms with Gasteiger partial charge in [0.25, 0.3) is 0 Å². The molecule has 4 N–H and O–H groups in total. The summed E-state index contributed by atoms with van der Waals surface area (Å²) >= 11 is 0. The van der Waals surface area contributed by atoms with E-state index in [9.17, 15) is 5.11 Å². The van der Waals surface area contributed by atoms with Crippen LogP contribution in [0, 0.1) is 0 Å². The highest BCUT2D eigenvalue weighted by atomic mass is 16.3. The maximum atomic E-state index is 10.5. The van der Waals surface area contributed by atoms with Gasteiger partial charge in [0.05, 0.1) is 12.4 Å². The Balaban J connectivity index is 1.61. The van der Waals surface area contributed by atoms with Gasteiger partial charge < -0.3 is 10.4 Å². The molecule has 0 aromatic heterocycles. The van der Waals surface area contributed by atoms with Crippen LogP contribution in [0.15, 0.2) is 62.9 Å². The summed E-state index contributed by atoms with van der Waals surface area (Å²) in [4.78, 5) is 0. The quantitative estimate of drug-likeness (QED) is 0.457. The molecule has 0 amide bonds. The van der Waals surface area contributed by atoms with Crippen molar-refractivity contribution in [2.75, 3.05) is 11.9 Å². The van der Waals surface area contributed by atoms with Gasteiger partial charge in [-0.05, 0) is 32.4 Å². The van der Waals surface area contributed by atoms with Crippen LogP contribution in [-0.4, -0.2) is 56.2 Å². The lowest BCUT2D eigenvalue weighted by molar-refractivity contribution is -0.168. The molecular formula is C24H31N11O. The number of hydrazone groups is 4. The van der Waals surface area contributed by atoms with Gasteiger partial charge in [-0.25, -0.2) is 11.1 Å². The summed E-state index contributed by atoms with van der Waals surface area (Å²) in [5, 5.41) is 39.3. The Morgan fingerprint density at radius 3 is 2.31 bits per heavy atom. The highest BCUT2D eigenvalue weighted by Crippen LogP contribution is 2.34. The molecule has 3 heterocycles. The number of anilines is 1. The summed E-state index contributed by atoms with van der Waals surface area (Å²) in [6, 6.07) is 13.4. The molecule has 0 saturated carbocycles. The minimum Gasteiger partial charge on any atom is -0.507 e. The summed E-state index contributed by atoms with van der Waals surface area (Å²) in [5.41, 5.74) is 9.41. The van der Waals surface area contributed by atoms with E-state index in [1.165, 1.54) is 6.42 Å². The van der Waals surface area contributed by atoms with Crippen LogP contribution < -0.4 is 16.4 Å². The maximum absolute atomic E-state index is 10.5. The fourth-order valence-corrected chi connectivity index (χ4v) is 4.23. The van der Waals surface area contributed by atoms with E-state index in [1.54, 1.807) is 45.0 Å². The van der Waals surface area contributed by atoms with Gasteiger partial charge in [-0.2, -0.15) is 20.4 Å². The van der Waals surface area contributed by atoms with Crippen LogP contribution in [0.3, 0.4) is 0 Å². The summed E-state index contributed by atoms with van der Waals surface area (Å²) < 4.78 is 0. The molecule has 0 radical (unpaired) electrons. The van der Waals surface area contributed by atoms with E-state index in [2.05, 4.69) is 50.7 Å². The molecule has 2 aromatic rings. The van der Waals surface area contributed by atoms with Crippen molar-refractivity contribution >= 4 is 29.8 Å². The zero-order chi connectivity index (χ0) is 25.1. The molecule has 0 bridgehead atoms. The van der Waals surface area contributed by atoms with Crippen molar-refractivity contribution in [3.63, 3.8) is 0 Å². The van der Waals surface area contributed by atoms with E-state index in [0.717, 1.165) is 30.6 Å². The third kappa shape index (κ3) is 4.43. The number of amidine groups is 2. The molecule has 2 aromatic carbocycles. The fraction of sp³-hybridized carbons (Fsp3) is 0.333. The summed E-state index contributed by atoms with van der Waals surface area (Å²) in [6.07, 6.45) is 6.20. The average molecular weight is 490 g/mol. The van der Waals surface area contributed by atoms with Crippen LogP contribution >= 0.6 is 0 Å². The predicted molar refractivity (Wildman–Crippen MR) is 140 cm³/mol. The molecule has 5 rings (SSSR count). The van der Waals surface area contributed by atoms with E-state index in [1.807, 2.05) is 32.0 Å². The third-order valence-electron chi connectivity index (χ3n) is 6.13. The average Bonchev–Trinajstić information content (AvgIpc) is 3.42. The number of hydrogen-bond acceptors (Lipinski definition) is 12. The standard InChI is InChI=1S/C24H31N11O/c1-4-5-8-14-25-22-12-7-6-11-20(22)24-34-30-28-17(2)32(34)26-15-19-10-9-13-23(36)21(19)16-27-33-18(3)29-31-35(24)33/h6-7,9-13,15-16,24-25,30-31,36H,4-5,8,14H2,1-3H3. The number of phenols is 1. The Bertz CT molecular complexity index is 1220. The first-order chi connectivity index (χ1) is 17.6. The lowest BCUT2D eigenvalue weighted by Gasteiger charge is -2.39. The lowest BCUT2D eigenvalue weighted by Crippen LogP contribution is -2.56. The fourth-order valence-electron chi connectivity index (χ4n) is 4.23. The van der Waals surface area contributed by atoms with E-state index < -0.39 is 6.17 Å². The number of rotatable bonds is 6. The number of nitrogens with one attached hydrogen (secondary N) is 3. The molecule has 1 atom stereocenters. The molecule has 3 aliphatic rings. The number of fused-ring (bicyclic) bond motifs is 3. The molecule has 1 unspecified atom stereocenters. The van der Waals surface area contributed by atoms with Gasteiger partial charge in [-0.1, -0.05) is 60.3 Å². The molecule has 0 fully saturated rings. The molecule has 36 heavy (non-hydrogen) atoms. The van der Waals surface area contributed by atoms with E-state index in [4.69, 9.17) is 5.10 Å². The minimum absolute atomic E-state index is 0.107. The van der Waals surface area contributed by atoms with Crippen molar-refractivity contribution in [2.45, 2.75) is 46.2 Å². The zero-order valence-electron chi connectivity index (χ0n) is 20.6. The van der Waals surface area contributed by atoms with Gasteiger partial charge in [0.1, 0.15) is 5.75 Å². The van der Waals surface area contributed by atoms with Gasteiger partial charge in [-0.15, -0.1) is 10.2 Å². The van der Waals surface area contributed by atoms with Crippen LogP contribution in [0.5, 0.6) is 5.75 Å². The van der Waals surface area contributed by atoms with Gasteiger partial charge in [0.2, 0.25) is 0 Å². The van der Waals surface area contributed by atoms with Crippen molar-refractivity contribution < 1.29 is 5.11 Å². The van der Waals surface area contributed by atoms with Crippen molar-refractivity contribution in [2.24, 2.45) is 20.4 Å². The van der Waals surface area contributed by atoms with Crippen molar-refractivity contribution in [1.82, 2.24) is 31.5 Å². The summed E-state index contributed by atoms with van der Waals surface area (Å²) in [5.74, 6) is 1.38. The van der Waals surface area contributed by atoms with Crippen LogP contribution in [-0.2, 0) is 0 Å². The second-order valence-electron chi connectivity index (χ2n) is 8.65. The van der Waals surface area contributed by atoms with E-state index in [-0.39, 0.29) is 5.75 Å². The van der Waals surface area contributed by atoms with Crippen LogP contribution in [0.1, 0.15) is 62.9 Å². The molecule has 0 spiro atoms. The highest BCUT2D eigenvalue weighted by Gasteiger charge is 2.42. The first-order valence-corrected chi connectivity index (χ1v) is 12.1. The number of para-hydroxylation sites is 1. The maximum Gasteiger partial charge on any atom is 0.174 e. The highest BCUT2D eigenvalue weighted by molar-refractivity contribution is 5.97. The molecule has 3 aliphatic heterocycles. The number of benzene rings is 2. The first-order valence-electron chi connectivity index (χ1n) is 12.1. The molecule has 12 heteroatoms. The summed E-state index contributed by atoms with van der Waals surface area (Å²) in [6.45, 7) is 6.78. The predicted octanol–water partition coefficient (Wildman–Crippen LogP) is 3.12. The zero-order valence-corrected chi connectivity index (χ0v) is 20.6. The van der Waals surface area contributed by atoms with Gasteiger partial charge >= 0.3 is 0 Å². The molecule has 12 nitrogen and oxygen atoms in total. The minimum atomic E-state index is -0.508. The smallest absolute Gasteiger partial charge is 0.174 e. The Kier molecular flexibility index (Phi) is 6.69. The monoisotopic (exact) mass is 489 g/mol. The van der Waals surface area contributed by atoms with Crippen molar-refractivity contribution in [3.8, 4) is 5.75 Å². The normalized spacial score (nSPS) is 19.5. The third-order valence-corrected chi connectivity index (χ3v) is 6.13. The Morgan fingerprint density at radius 2 is 1.58 bits per heavy atom. The largest absolute Gasteiger partial charge is 0.507 e. The number of nitrogens with zero attached hydrogens (tertiary/aromatic N) is 8. The Labute approximate surface area is 210 Å². The molecular weight excluding hydrogens is 458 g/mol. The second kappa shape index (κ2) is 10.2. The number of hydrogen-bond donors (Lipinski definition) is 4. The van der Waals surface area contributed by atoms with Crippen LogP contribution in [0.2, 0.25) is 0 Å². The van der Waals surface area contributed by atoms with Crippen LogP contribution in [0.4, 0.5) is 5.69 Å². The molecule has 0 aliphatic carbocycles. The van der Waals surface area contributed by atoms with Crippen molar-refractivity contribution in [3.05, 3.63) is 59.2 Å². The van der Waals surface area contributed by atoms with Crippen molar-refractivity contribution in [1.29, 1.82) is 0 Å². The second-order valence-corrected chi connectivity index (χ2v) is 8.65. The lowest BCUT2D eigenvalue weighted by atomic mass is 10.1. The number of aromatic hydroxyl groups is 1. The van der Waals surface area contributed by atoms with E-state index in [0.29, 0.717) is 22.8 Å². The molecule has 188 valence electrons. The number of phenolic OH excluding ortho intramolecular Hbond substituents is 1. The van der Waals surface area contributed by atoms with Gasteiger partial charge in [0.15, 0.2) is 17.8 Å². The van der Waals surface area contributed by atoms with E-state index >= 15 is 0 Å². The summed E-state index contributed by atoms with van der Waals surface area (Å²) in [7, 11) is 0. The first kappa shape index (κ1) is 23.6. The number of hydrazine groups is 4. The van der Waals surface area contributed by atoms with Gasteiger partial charge in [-0.3, -0.25) is 0 Å². The van der Waals surface area contributed by atoms with Crippen LogP contribution in [0.25, 0.3) is 0 Å². The topological polar surface area (TPSA) is 119 Å². The Hall–Kier alpha value is -4.16.